The SMILES string of the molecule is c1ccc2c(c1)oc1c(-c3ccc(N(c4cc(-c5ccc(-n6c7ccccc7c7ccccc76)cc5)c5oc6ccccc6c5c4)c4cccc5c4sc4ccccc45)cc3)cccc12. The van der Waals surface area contributed by atoms with Gasteiger partial charge in [-0.1, -0.05) is 146 Å². The van der Waals surface area contributed by atoms with Gasteiger partial charge in [-0.3, -0.25) is 0 Å². The number of hydrogen-bond donors (Lipinski definition) is 0. The summed E-state index contributed by atoms with van der Waals surface area (Å²) in [4.78, 5) is 2.43. The average molecular weight is 849 g/mol. The van der Waals surface area contributed by atoms with Gasteiger partial charge in [0.05, 0.1) is 21.4 Å². The first-order chi connectivity index (χ1) is 32.2. The molecule has 0 fully saturated rings. The van der Waals surface area contributed by atoms with E-state index in [1.165, 1.54) is 42.0 Å². The lowest BCUT2D eigenvalue weighted by Crippen LogP contribution is -2.10. The predicted octanol–water partition coefficient (Wildman–Crippen LogP) is 17.8. The molecule has 0 unspecified atom stereocenters. The van der Waals surface area contributed by atoms with Crippen LogP contribution in [0.1, 0.15) is 0 Å². The highest BCUT2D eigenvalue weighted by Gasteiger charge is 2.23. The van der Waals surface area contributed by atoms with Crippen molar-refractivity contribution in [3.05, 3.63) is 218 Å². The van der Waals surface area contributed by atoms with Crippen molar-refractivity contribution < 1.29 is 8.83 Å². The summed E-state index contributed by atoms with van der Waals surface area (Å²) in [6.45, 7) is 0. The average Bonchev–Trinajstić information content (AvgIpc) is 4.14. The molecule has 4 nitrogen and oxygen atoms in total. The first-order valence-corrected chi connectivity index (χ1v) is 22.8. The van der Waals surface area contributed by atoms with Crippen LogP contribution in [0.15, 0.2) is 227 Å². The molecule has 0 aliphatic carbocycles. The zero-order chi connectivity index (χ0) is 42.6. The molecule has 0 N–H and O–H groups in total. The lowest BCUT2D eigenvalue weighted by molar-refractivity contribution is 0.669. The maximum Gasteiger partial charge on any atom is 0.143 e. The standard InChI is InChI=1S/C60H36N2O2S/c1-6-21-52-43(13-1)44-14-2-7-22-53(44)62(52)40-33-29-38(30-34-40)50-35-41(36-51-46-16-4-9-25-56(46)64-59(50)51)61(54-23-12-20-49-47-17-5-10-26-57(47)65-60(49)54)39-31-27-37(28-32-39)42-18-11-19-48-45-15-3-8-24-55(45)63-58(42)48/h1-36H. The van der Waals surface area contributed by atoms with Gasteiger partial charge in [-0.25, -0.2) is 0 Å². The summed E-state index contributed by atoms with van der Waals surface area (Å²) in [5, 5.41) is 9.41. The van der Waals surface area contributed by atoms with Crippen LogP contribution in [0.2, 0.25) is 0 Å². The van der Waals surface area contributed by atoms with Crippen molar-refractivity contribution in [2.75, 3.05) is 4.90 Å². The van der Waals surface area contributed by atoms with Crippen LogP contribution < -0.4 is 4.90 Å². The minimum absolute atomic E-state index is 0.866. The third-order valence-corrected chi connectivity index (χ3v) is 14.4. The Morgan fingerprint density at radius 3 is 1.63 bits per heavy atom. The number of aromatic nitrogens is 1. The maximum atomic E-state index is 6.80. The van der Waals surface area contributed by atoms with E-state index in [0.29, 0.717) is 0 Å². The summed E-state index contributed by atoms with van der Waals surface area (Å²) >= 11 is 1.84. The summed E-state index contributed by atoms with van der Waals surface area (Å²) < 4.78 is 18.2. The van der Waals surface area contributed by atoms with Crippen LogP contribution in [0, 0.1) is 0 Å². The Hall–Kier alpha value is -8.38. The van der Waals surface area contributed by atoms with Gasteiger partial charge in [0.15, 0.2) is 0 Å². The fourth-order valence-corrected chi connectivity index (χ4v) is 11.5. The topological polar surface area (TPSA) is 34.5 Å². The van der Waals surface area contributed by atoms with Gasteiger partial charge in [-0.05, 0) is 83.9 Å². The number of rotatable bonds is 6. The number of benzene rings is 10. The van der Waals surface area contributed by atoms with Crippen LogP contribution in [0.4, 0.5) is 17.1 Å². The van der Waals surface area contributed by atoms with Crippen LogP contribution >= 0.6 is 11.3 Å². The van der Waals surface area contributed by atoms with Gasteiger partial charge in [0.1, 0.15) is 22.3 Å². The van der Waals surface area contributed by atoms with Crippen molar-refractivity contribution in [1.29, 1.82) is 0 Å². The van der Waals surface area contributed by atoms with Gasteiger partial charge >= 0.3 is 0 Å². The van der Waals surface area contributed by atoms with Crippen molar-refractivity contribution in [3.63, 3.8) is 0 Å². The molecule has 65 heavy (non-hydrogen) atoms. The van der Waals surface area contributed by atoms with E-state index in [1.54, 1.807) is 0 Å². The molecule has 0 spiro atoms. The van der Waals surface area contributed by atoms with E-state index in [1.807, 2.05) is 29.5 Å². The molecule has 0 amide bonds. The third kappa shape index (κ3) is 5.49. The predicted molar refractivity (Wildman–Crippen MR) is 274 cm³/mol. The molecule has 0 atom stereocenters. The monoisotopic (exact) mass is 848 g/mol. The molecule has 4 aromatic heterocycles. The number of thiophene rings is 1. The Labute approximate surface area is 377 Å². The van der Waals surface area contributed by atoms with E-state index >= 15 is 0 Å². The highest BCUT2D eigenvalue weighted by Crippen LogP contribution is 2.48. The van der Waals surface area contributed by atoms with Crippen molar-refractivity contribution in [2.24, 2.45) is 0 Å². The molecular weight excluding hydrogens is 813 g/mol. The van der Waals surface area contributed by atoms with Gasteiger partial charge in [-0.15, -0.1) is 11.3 Å². The Morgan fingerprint density at radius 2 is 0.908 bits per heavy atom. The van der Waals surface area contributed by atoms with Crippen molar-refractivity contribution in [2.45, 2.75) is 0 Å². The van der Waals surface area contributed by atoms with E-state index in [4.69, 9.17) is 8.83 Å². The largest absolute Gasteiger partial charge is 0.455 e. The van der Waals surface area contributed by atoms with Crippen LogP contribution in [0.3, 0.4) is 0 Å². The molecule has 5 heteroatoms. The summed E-state index contributed by atoms with van der Waals surface area (Å²) in [5.41, 5.74) is 14.5. The molecule has 0 radical (unpaired) electrons. The normalized spacial score (nSPS) is 12.0. The van der Waals surface area contributed by atoms with Gasteiger partial charge in [-0.2, -0.15) is 0 Å². The fraction of sp³-hybridized carbons (Fsp3) is 0. The van der Waals surface area contributed by atoms with Crippen LogP contribution in [0.5, 0.6) is 0 Å². The molecule has 14 rings (SSSR count). The Kier molecular flexibility index (Phi) is 7.82. The fourth-order valence-electron chi connectivity index (χ4n) is 10.2. The van der Waals surface area contributed by atoms with E-state index in [0.717, 1.165) is 88.9 Å². The van der Waals surface area contributed by atoms with Crippen LogP contribution in [0.25, 0.3) is 114 Å². The van der Waals surface area contributed by atoms with Crippen molar-refractivity contribution in [3.8, 4) is 27.9 Å². The molecule has 0 aliphatic rings. The summed E-state index contributed by atoms with van der Waals surface area (Å²) in [6, 6.07) is 78.4. The molecule has 4 heterocycles. The Morgan fingerprint density at radius 1 is 0.369 bits per heavy atom. The van der Waals surface area contributed by atoms with E-state index in [-0.39, 0.29) is 0 Å². The van der Waals surface area contributed by atoms with Gasteiger partial charge in [0.25, 0.3) is 0 Å². The minimum Gasteiger partial charge on any atom is -0.455 e. The van der Waals surface area contributed by atoms with E-state index in [9.17, 15) is 0 Å². The smallest absolute Gasteiger partial charge is 0.143 e. The number of hydrogen-bond acceptors (Lipinski definition) is 4. The number of fused-ring (bicyclic) bond motifs is 12. The molecule has 0 bridgehead atoms. The number of nitrogens with zero attached hydrogens (tertiary/aromatic N) is 2. The van der Waals surface area contributed by atoms with E-state index < -0.39 is 0 Å². The maximum absolute atomic E-state index is 6.80. The molecule has 0 saturated carbocycles. The molecular formula is C60H36N2O2S. The third-order valence-electron chi connectivity index (χ3n) is 13.2. The van der Waals surface area contributed by atoms with Gasteiger partial charge in [0.2, 0.25) is 0 Å². The Balaban J connectivity index is 0.978. The second-order valence-corrected chi connectivity index (χ2v) is 17.9. The minimum atomic E-state index is 0.866. The zero-order valence-corrected chi connectivity index (χ0v) is 35.7. The second-order valence-electron chi connectivity index (χ2n) is 16.8. The van der Waals surface area contributed by atoms with E-state index in [2.05, 4.69) is 210 Å². The highest BCUT2D eigenvalue weighted by atomic mass is 32.1. The molecule has 10 aromatic carbocycles. The first kappa shape index (κ1) is 36.1. The number of para-hydroxylation sites is 5. The molecule has 0 saturated heterocycles. The van der Waals surface area contributed by atoms with Crippen molar-refractivity contribution >= 4 is 114 Å². The van der Waals surface area contributed by atoms with Gasteiger partial charge < -0.3 is 18.3 Å². The highest BCUT2D eigenvalue weighted by molar-refractivity contribution is 7.26. The molecule has 14 aromatic rings. The molecule has 304 valence electrons. The number of furan rings is 2. The molecule has 0 aliphatic heterocycles. The van der Waals surface area contributed by atoms with Crippen LogP contribution in [-0.4, -0.2) is 4.57 Å². The number of anilines is 3. The lowest BCUT2D eigenvalue weighted by Gasteiger charge is -2.27. The first-order valence-electron chi connectivity index (χ1n) is 22.0. The lowest BCUT2D eigenvalue weighted by atomic mass is 9.99. The zero-order valence-electron chi connectivity index (χ0n) is 34.9. The summed E-state index contributed by atoms with van der Waals surface area (Å²) in [5.74, 6) is 0. The van der Waals surface area contributed by atoms with Gasteiger partial charge in [0, 0.05) is 76.0 Å². The summed E-state index contributed by atoms with van der Waals surface area (Å²) in [7, 11) is 0. The van der Waals surface area contributed by atoms with Crippen molar-refractivity contribution in [1.82, 2.24) is 4.57 Å². The summed E-state index contributed by atoms with van der Waals surface area (Å²) in [6.07, 6.45) is 0. The second kappa shape index (κ2) is 14.1. The Bertz CT molecular complexity index is 4130. The quantitative estimate of drug-likeness (QED) is 0.167. The van der Waals surface area contributed by atoms with Crippen LogP contribution in [-0.2, 0) is 0 Å².